The standard InChI is InChI=1S/C73H118O34/c1-29-45(81)48(84)51(87)63(98-29)104-57-38(79)27-96-66(59(57)105-65-54(90)58(102-43-18-31(23-74)24-93-43)55(30(2)99-65)103-62-53(89)56(37(78)26-95-62)101-44-19-32(75)13-17-92-44)107-67(91)73-16-15-68(3,4)20-34(73)33-10-11-41-70(7)21-35(76)60(69(5,6)40(70)12-14-71(41,8)72(33,9)22-42(73)80)106-64-52(88)49(85)47(83)39(100-64)28-97-61-50(86)46(82)36(77)25-94-61/h10,29-32,34-66,74-90H,11-28H2,1-9H3/t29-,30-,31-,32-,34-,35-,36-,37-,38+,39+,40?,41?,42+,43-,44-,45-,46-,47+,48+,49-,50+,51+,52+,53+,54+,55-,56-,57-,58-,59+,60-,61-,62-,63-,64-,65-,66-,70-,71+,72+,73+/m0/s1. The van der Waals surface area contributed by atoms with Crippen molar-refractivity contribution in [3.63, 3.8) is 0 Å². The van der Waals surface area contributed by atoms with Gasteiger partial charge in [-0.15, -0.1) is 0 Å². The molecule has 8 saturated heterocycles. The maximum atomic E-state index is 16.2. The van der Waals surface area contributed by atoms with Crippen molar-refractivity contribution < 1.29 is 167 Å². The molecule has 614 valence electrons. The van der Waals surface area contributed by atoms with Gasteiger partial charge in [0.1, 0.15) is 115 Å². The maximum Gasteiger partial charge on any atom is 0.317 e. The Morgan fingerprint density at radius 1 is 0.495 bits per heavy atom. The van der Waals surface area contributed by atoms with E-state index in [1.165, 1.54) is 13.8 Å². The number of fused-ring (bicyclic) bond motifs is 7. The topological polar surface area (TPSA) is 509 Å². The highest BCUT2D eigenvalue weighted by molar-refractivity contribution is 5.80. The summed E-state index contributed by atoms with van der Waals surface area (Å²) < 4.78 is 98.5. The lowest BCUT2D eigenvalue weighted by molar-refractivity contribution is -0.392. The summed E-state index contributed by atoms with van der Waals surface area (Å²) in [4.78, 5) is 16.2. The number of rotatable bonds is 18. The number of hydrogen-bond acceptors (Lipinski definition) is 34. The molecule has 0 amide bonds. The van der Waals surface area contributed by atoms with Crippen LogP contribution >= 0.6 is 0 Å². The first-order chi connectivity index (χ1) is 50.4. The number of allylic oxidation sites excluding steroid dienone is 2. The quantitative estimate of drug-likeness (QED) is 0.0359. The lowest BCUT2D eigenvalue weighted by atomic mass is 9.33. The van der Waals surface area contributed by atoms with Crippen molar-refractivity contribution in [2.75, 3.05) is 46.2 Å². The molecule has 12 fully saturated rings. The van der Waals surface area contributed by atoms with Crippen LogP contribution < -0.4 is 0 Å². The van der Waals surface area contributed by atoms with E-state index in [9.17, 15) is 86.8 Å². The second-order valence-electron chi connectivity index (χ2n) is 35.1. The average Bonchev–Trinajstić information content (AvgIpc) is 0.858. The Hall–Kier alpha value is -2.07. The van der Waals surface area contributed by atoms with Gasteiger partial charge in [-0.05, 0) is 116 Å². The molecule has 0 spiro atoms. The van der Waals surface area contributed by atoms with E-state index in [4.69, 9.17) is 75.8 Å². The molecule has 2 unspecified atom stereocenters. The number of hydrogen-bond donors (Lipinski definition) is 17. The van der Waals surface area contributed by atoms with Crippen molar-refractivity contribution in [1.29, 1.82) is 0 Å². The molecule has 8 heterocycles. The molecule has 4 saturated carbocycles. The van der Waals surface area contributed by atoms with E-state index in [1.807, 2.05) is 13.8 Å². The minimum atomic E-state index is -1.93. The molecule has 0 aromatic heterocycles. The van der Waals surface area contributed by atoms with Crippen LogP contribution in [0.3, 0.4) is 0 Å². The fraction of sp³-hybridized carbons (Fsp3) is 0.959. The summed E-state index contributed by atoms with van der Waals surface area (Å²) >= 11 is 0. The largest absolute Gasteiger partial charge is 0.432 e. The third-order valence-electron chi connectivity index (χ3n) is 27.4. The molecule has 13 aliphatic rings. The molecular formula is C73H118O34. The predicted octanol–water partition coefficient (Wildman–Crippen LogP) is -3.57. The lowest BCUT2D eigenvalue weighted by Crippen LogP contribution is -2.70. The van der Waals surface area contributed by atoms with Gasteiger partial charge < -0.3 is 163 Å². The molecule has 8 aliphatic heterocycles. The third kappa shape index (κ3) is 15.2. The van der Waals surface area contributed by atoms with Gasteiger partial charge in [-0.25, -0.2) is 0 Å². The highest BCUT2D eigenvalue weighted by Crippen LogP contribution is 2.76. The highest BCUT2D eigenvalue weighted by atomic mass is 16.8. The van der Waals surface area contributed by atoms with Crippen LogP contribution in [0.4, 0.5) is 0 Å². The molecule has 107 heavy (non-hydrogen) atoms. The SMILES string of the molecule is C[C@@H]1O[C@@H](O[C@@H]2[C@@H](O[C@@H]3O[C@@H](C)[C@H](O[C@@H]4OC[C@H](O)[C@H](O[C@H]5C[C@@H](O)CCO5)[C@H]4O)[C@@H](O[C@H]4C[C@@H](CO)CO4)[C@H]3O)[C@H](OC(=O)[C@]34CCC(C)(C)C[C@H]3C3=CCC5[C@@]6(C)C[C@H](O)[C@H](O[C@@H]7O[C@H](CO[C@@H]8OC[C@H](O)[C@H](O)[C@H]8O)[C@@H](O)[C@H](O)[C@H]7O)C(C)(C)C6CC[C@@]5(C)[C@]3(C)C[C@H]4O)OC[C@H]2O)[C@H](O)[C@H](O)[C@H]1O. The average molecular weight is 1540 g/mol. The first kappa shape index (κ1) is 82.9. The second-order valence-corrected chi connectivity index (χ2v) is 35.1. The second kappa shape index (κ2) is 31.9. The predicted molar refractivity (Wildman–Crippen MR) is 358 cm³/mol. The summed E-state index contributed by atoms with van der Waals surface area (Å²) in [6.07, 6.45) is -44.0. The zero-order chi connectivity index (χ0) is 77.3. The third-order valence-corrected chi connectivity index (χ3v) is 27.4. The van der Waals surface area contributed by atoms with E-state index in [-0.39, 0.29) is 81.7 Å². The number of carbonyl (C=O) groups is 1. The molecule has 0 radical (unpaired) electrons. The zero-order valence-corrected chi connectivity index (χ0v) is 62.2. The van der Waals surface area contributed by atoms with Crippen molar-refractivity contribution >= 4 is 5.97 Å². The van der Waals surface area contributed by atoms with Gasteiger partial charge in [0.15, 0.2) is 50.1 Å². The summed E-state index contributed by atoms with van der Waals surface area (Å²) in [5.74, 6) is -2.17. The monoisotopic (exact) mass is 1540 g/mol. The van der Waals surface area contributed by atoms with Crippen molar-refractivity contribution in [2.45, 2.75) is 336 Å². The van der Waals surface area contributed by atoms with Gasteiger partial charge in [-0.1, -0.05) is 60.1 Å². The fourth-order valence-electron chi connectivity index (χ4n) is 21.1. The molecule has 0 aromatic rings. The molecule has 0 aromatic carbocycles. The van der Waals surface area contributed by atoms with Gasteiger partial charge in [0.25, 0.3) is 0 Å². The fourth-order valence-corrected chi connectivity index (χ4v) is 21.1. The van der Waals surface area contributed by atoms with Crippen LogP contribution in [-0.2, 0) is 80.6 Å². The van der Waals surface area contributed by atoms with Gasteiger partial charge in [0.05, 0.1) is 76.3 Å². The minimum absolute atomic E-state index is 0.0604. The Morgan fingerprint density at radius 3 is 1.79 bits per heavy atom. The van der Waals surface area contributed by atoms with E-state index in [2.05, 4.69) is 40.7 Å². The Morgan fingerprint density at radius 2 is 1.09 bits per heavy atom. The maximum absolute atomic E-state index is 16.2. The number of esters is 1. The molecule has 0 bridgehead atoms. The van der Waals surface area contributed by atoms with Crippen LogP contribution in [0.1, 0.15) is 133 Å². The first-order valence-electron chi connectivity index (χ1n) is 38.4. The van der Waals surface area contributed by atoms with Gasteiger partial charge in [-0.3, -0.25) is 4.79 Å². The molecule has 34 heteroatoms. The summed E-state index contributed by atoms with van der Waals surface area (Å²) in [6.45, 7) is 15.9. The molecule has 41 atom stereocenters. The number of carbonyl (C=O) groups excluding carboxylic acids is 1. The van der Waals surface area contributed by atoms with E-state index in [1.54, 1.807) is 0 Å². The van der Waals surface area contributed by atoms with Crippen LogP contribution in [0.15, 0.2) is 11.6 Å². The van der Waals surface area contributed by atoms with Crippen LogP contribution in [0.2, 0.25) is 0 Å². The Kier molecular flexibility index (Phi) is 24.7. The van der Waals surface area contributed by atoms with E-state index < -0.39 is 262 Å². The summed E-state index contributed by atoms with van der Waals surface area (Å²) in [5, 5.41) is 192. The molecule has 17 N–H and O–H groups in total. The Labute approximate surface area is 621 Å². The highest BCUT2D eigenvalue weighted by Gasteiger charge is 2.73. The van der Waals surface area contributed by atoms with Gasteiger partial charge in [0.2, 0.25) is 6.29 Å². The van der Waals surface area contributed by atoms with Gasteiger partial charge in [-0.2, -0.15) is 0 Å². The molecular weight excluding hydrogens is 1420 g/mol. The van der Waals surface area contributed by atoms with E-state index in [0.29, 0.717) is 38.5 Å². The van der Waals surface area contributed by atoms with E-state index >= 15 is 4.79 Å². The van der Waals surface area contributed by atoms with Crippen molar-refractivity contribution in [3.05, 3.63) is 11.6 Å². The van der Waals surface area contributed by atoms with Crippen LogP contribution in [-0.4, -0.2) is 342 Å². The number of aliphatic hydroxyl groups excluding tert-OH is 17. The van der Waals surface area contributed by atoms with Crippen molar-refractivity contribution in [2.24, 2.45) is 56.2 Å². The molecule has 5 aliphatic carbocycles. The molecule has 34 nitrogen and oxygen atoms in total. The number of ether oxygens (including phenoxy) is 16. The lowest BCUT2D eigenvalue weighted by Gasteiger charge is -2.72. The normalized spacial score (nSPS) is 54.2. The number of aliphatic hydroxyl groups is 17. The smallest absolute Gasteiger partial charge is 0.317 e. The summed E-state index contributed by atoms with van der Waals surface area (Å²) in [6, 6.07) is 0. The first-order valence-corrected chi connectivity index (χ1v) is 38.4. The van der Waals surface area contributed by atoms with Gasteiger partial charge in [0, 0.05) is 25.4 Å². The van der Waals surface area contributed by atoms with Crippen molar-refractivity contribution in [1.82, 2.24) is 0 Å². The Balaban J connectivity index is 0.767. The minimum Gasteiger partial charge on any atom is -0.432 e. The summed E-state index contributed by atoms with van der Waals surface area (Å²) in [5.41, 5.74) is -3.91. The zero-order valence-electron chi connectivity index (χ0n) is 62.2. The summed E-state index contributed by atoms with van der Waals surface area (Å²) in [7, 11) is 0. The Bertz CT molecular complexity index is 3050. The van der Waals surface area contributed by atoms with E-state index in [0.717, 1.165) is 5.57 Å². The molecule has 13 rings (SSSR count). The van der Waals surface area contributed by atoms with Crippen LogP contribution in [0, 0.1) is 56.2 Å². The van der Waals surface area contributed by atoms with Crippen LogP contribution in [0.5, 0.6) is 0 Å². The van der Waals surface area contributed by atoms with Crippen molar-refractivity contribution in [3.8, 4) is 0 Å². The van der Waals surface area contributed by atoms with Crippen LogP contribution in [0.25, 0.3) is 0 Å². The van der Waals surface area contributed by atoms with Gasteiger partial charge >= 0.3 is 5.97 Å².